The number of halogens is 1. The summed E-state index contributed by atoms with van der Waals surface area (Å²) in [6.45, 7) is 1.84. The van der Waals surface area contributed by atoms with E-state index in [0.717, 1.165) is 5.56 Å². The van der Waals surface area contributed by atoms with Gasteiger partial charge < -0.3 is 15.8 Å². The van der Waals surface area contributed by atoms with E-state index in [1.807, 2.05) is 6.92 Å². The first-order valence-electron chi connectivity index (χ1n) is 5.75. The van der Waals surface area contributed by atoms with E-state index < -0.39 is 5.82 Å². The largest absolute Gasteiger partial charge is 0.494 e. The molecule has 0 amide bonds. The van der Waals surface area contributed by atoms with Gasteiger partial charge in [-0.2, -0.15) is 0 Å². The zero-order valence-electron chi connectivity index (χ0n) is 11.0. The number of nitrogens with one attached hydrogen (secondary N) is 1. The fourth-order valence-electron chi connectivity index (χ4n) is 1.72. The van der Waals surface area contributed by atoms with Gasteiger partial charge in [0.25, 0.3) is 0 Å². The zero-order valence-corrected chi connectivity index (χ0v) is 11.8. The Labute approximate surface area is 121 Å². The minimum Gasteiger partial charge on any atom is -0.494 e. The van der Waals surface area contributed by atoms with E-state index in [9.17, 15) is 4.39 Å². The first kappa shape index (κ1) is 14.1. The summed E-state index contributed by atoms with van der Waals surface area (Å²) in [6, 6.07) is 4.63. The van der Waals surface area contributed by atoms with Crippen molar-refractivity contribution in [1.82, 2.24) is 9.97 Å². The van der Waals surface area contributed by atoms with E-state index >= 15 is 0 Å². The SMILES string of the molecule is COc1ccc(-c2nc(NC(N)=S)ncc2C)cc1F. The van der Waals surface area contributed by atoms with Crippen molar-refractivity contribution >= 4 is 23.3 Å². The fraction of sp³-hybridized carbons (Fsp3) is 0.154. The number of aryl methyl sites for hydroxylation is 1. The van der Waals surface area contributed by atoms with Crippen LogP contribution in [0.1, 0.15) is 5.56 Å². The van der Waals surface area contributed by atoms with Gasteiger partial charge in [0.2, 0.25) is 5.95 Å². The second kappa shape index (κ2) is 5.79. The van der Waals surface area contributed by atoms with Crippen molar-refractivity contribution in [3.8, 4) is 17.0 Å². The number of methoxy groups -OCH3 is 1. The summed E-state index contributed by atoms with van der Waals surface area (Å²) in [6.07, 6.45) is 1.62. The maximum Gasteiger partial charge on any atom is 0.229 e. The highest BCUT2D eigenvalue weighted by atomic mass is 32.1. The maximum absolute atomic E-state index is 13.8. The van der Waals surface area contributed by atoms with Crippen LogP contribution in [0.5, 0.6) is 5.75 Å². The monoisotopic (exact) mass is 292 g/mol. The smallest absolute Gasteiger partial charge is 0.229 e. The summed E-state index contributed by atoms with van der Waals surface area (Å²) in [5.41, 5.74) is 7.40. The summed E-state index contributed by atoms with van der Waals surface area (Å²) in [4.78, 5) is 8.33. The molecule has 104 valence electrons. The van der Waals surface area contributed by atoms with Crippen molar-refractivity contribution < 1.29 is 9.13 Å². The lowest BCUT2D eigenvalue weighted by atomic mass is 10.1. The van der Waals surface area contributed by atoms with Crippen LogP contribution < -0.4 is 15.8 Å². The molecule has 0 saturated carbocycles. The molecule has 0 aliphatic heterocycles. The molecular formula is C13H13FN4OS. The lowest BCUT2D eigenvalue weighted by molar-refractivity contribution is 0.386. The van der Waals surface area contributed by atoms with Crippen molar-refractivity contribution in [3.05, 3.63) is 35.8 Å². The molecule has 2 rings (SSSR count). The van der Waals surface area contributed by atoms with Gasteiger partial charge in [-0.1, -0.05) is 0 Å². The van der Waals surface area contributed by atoms with Crippen molar-refractivity contribution in [2.45, 2.75) is 6.92 Å². The number of ether oxygens (including phenoxy) is 1. The molecule has 7 heteroatoms. The van der Waals surface area contributed by atoms with Gasteiger partial charge >= 0.3 is 0 Å². The highest BCUT2D eigenvalue weighted by molar-refractivity contribution is 7.80. The standard InChI is InChI=1S/C13H13FN4OS/c1-7-6-16-13(18-12(15)20)17-11(7)8-3-4-10(19-2)9(14)5-8/h3-6H,1-2H3,(H3,15,16,17,18,20). The molecule has 1 aromatic carbocycles. The second-order valence-corrected chi connectivity index (χ2v) is 4.50. The number of nitrogens with two attached hydrogens (primary N) is 1. The molecule has 5 nitrogen and oxygen atoms in total. The normalized spacial score (nSPS) is 10.2. The number of hydrogen-bond donors (Lipinski definition) is 2. The highest BCUT2D eigenvalue weighted by Crippen LogP contribution is 2.26. The van der Waals surface area contributed by atoms with Crippen molar-refractivity contribution in [3.63, 3.8) is 0 Å². The van der Waals surface area contributed by atoms with Crippen LogP contribution in [0, 0.1) is 12.7 Å². The average molecular weight is 292 g/mol. The number of hydrogen-bond acceptors (Lipinski definition) is 4. The predicted octanol–water partition coefficient (Wildman–Crippen LogP) is 2.26. The van der Waals surface area contributed by atoms with Gasteiger partial charge in [0.05, 0.1) is 12.8 Å². The van der Waals surface area contributed by atoms with Gasteiger partial charge in [-0.15, -0.1) is 0 Å². The predicted molar refractivity (Wildman–Crippen MR) is 79.1 cm³/mol. The Balaban J connectivity index is 2.45. The maximum atomic E-state index is 13.8. The Morgan fingerprint density at radius 1 is 1.45 bits per heavy atom. The number of benzene rings is 1. The van der Waals surface area contributed by atoms with Crippen LogP contribution in [0.2, 0.25) is 0 Å². The molecule has 0 unspecified atom stereocenters. The molecule has 0 aliphatic rings. The van der Waals surface area contributed by atoms with Crippen molar-refractivity contribution in [2.75, 3.05) is 12.4 Å². The molecule has 0 bridgehead atoms. The van der Waals surface area contributed by atoms with Crippen LogP contribution in [0.3, 0.4) is 0 Å². The number of rotatable bonds is 3. The Morgan fingerprint density at radius 2 is 2.20 bits per heavy atom. The fourth-order valence-corrected chi connectivity index (χ4v) is 1.81. The molecule has 1 heterocycles. The topological polar surface area (TPSA) is 73.1 Å². The van der Waals surface area contributed by atoms with E-state index in [4.69, 9.17) is 22.7 Å². The van der Waals surface area contributed by atoms with Crippen LogP contribution in [-0.4, -0.2) is 22.2 Å². The Kier molecular flexibility index (Phi) is 4.09. The molecule has 0 fully saturated rings. The van der Waals surface area contributed by atoms with Gasteiger partial charge in [0, 0.05) is 11.8 Å². The second-order valence-electron chi connectivity index (χ2n) is 4.06. The number of thiocarbonyl (C=S) groups is 1. The lowest BCUT2D eigenvalue weighted by Crippen LogP contribution is -2.20. The van der Waals surface area contributed by atoms with Crippen LogP contribution in [0.25, 0.3) is 11.3 Å². The number of anilines is 1. The zero-order chi connectivity index (χ0) is 14.7. The molecule has 3 N–H and O–H groups in total. The van der Waals surface area contributed by atoms with E-state index in [2.05, 4.69) is 15.3 Å². The third-order valence-electron chi connectivity index (χ3n) is 2.63. The Morgan fingerprint density at radius 3 is 2.80 bits per heavy atom. The van der Waals surface area contributed by atoms with Crippen LogP contribution in [0.15, 0.2) is 24.4 Å². The third kappa shape index (κ3) is 3.00. The summed E-state index contributed by atoms with van der Waals surface area (Å²) in [5.74, 6) is 0.00290. The minimum atomic E-state index is -0.452. The highest BCUT2D eigenvalue weighted by Gasteiger charge is 2.10. The molecular weight excluding hydrogens is 279 g/mol. The van der Waals surface area contributed by atoms with E-state index in [1.165, 1.54) is 13.2 Å². The summed E-state index contributed by atoms with van der Waals surface area (Å²) >= 11 is 4.73. The lowest BCUT2D eigenvalue weighted by Gasteiger charge is -2.09. The molecule has 20 heavy (non-hydrogen) atoms. The van der Waals surface area contributed by atoms with Gasteiger partial charge in [-0.05, 0) is 42.9 Å². The first-order valence-corrected chi connectivity index (χ1v) is 6.16. The Bertz CT molecular complexity index is 663. The van der Waals surface area contributed by atoms with Crippen LogP contribution in [0.4, 0.5) is 10.3 Å². The Hall–Kier alpha value is -2.28. The molecule has 0 saturated heterocycles. The molecule has 0 radical (unpaired) electrons. The first-order chi connectivity index (χ1) is 9.51. The van der Waals surface area contributed by atoms with Gasteiger partial charge in [-0.25, -0.2) is 14.4 Å². The molecule has 0 spiro atoms. The van der Waals surface area contributed by atoms with Crippen LogP contribution >= 0.6 is 12.2 Å². The minimum absolute atomic E-state index is 0.0701. The van der Waals surface area contributed by atoms with Gasteiger partial charge in [-0.3, -0.25) is 0 Å². The van der Waals surface area contributed by atoms with E-state index in [0.29, 0.717) is 11.3 Å². The molecule has 0 atom stereocenters. The quantitative estimate of drug-likeness (QED) is 0.845. The summed E-state index contributed by atoms with van der Waals surface area (Å²) < 4.78 is 18.6. The van der Waals surface area contributed by atoms with Crippen molar-refractivity contribution in [1.29, 1.82) is 0 Å². The number of nitrogens with zero attached hydrogens (tertiary/aromatic N) is 2. The van der Waals surface area contributed by atoms with Crippen LogP contribution in [-0.2, 0) is 0 Å². The summed E-state index contributed by atoms with van der Waals surface area (Å²) in [5, 5.41) is 2.72. The van der Waals surface area contributed by atoms with E-state index in [-0.39, 0.29) is 16.8 Å². The van der Waals surface area contributed by atoms with Crippen molar-refractivity contribution in [2.24, 2.45) is 5.73 Å². The van der Waals surface area contributed by atoms with Gasteiger partial charge in [0.1, 0.15) is 0 Å². The summed E-state index contributed by atoms with van der Waals surface area (Å²) in [7, 11) is 1.41. The average Bonchev–Trinajstić information content (AvgIpc) is 2.40. The number of aromatic nitrogens is 2. The van der Waals surface area contributed by atoms with E-state index in [1.54, 1.807) is 18.3 Å². The molecule has 2 aromatic rings. The van der Waals surface area contributed by atoms with Gasteiger partial charge in [0.15, 0.2) is 16.7 Å². The molecule has 1 aromatic heterocycles. The molecule has 0 aliphatic carbocycles. The third-order valence-corrected chi connectivity index (χ3v) is 2.73.